The van der Waals surface area contributed by atoms with Crippen LogP contribution in [0.15, 0.2) is 30.6 Å². The van der Waals surface area contributed by atoms with Gasteiger partial charge in [-0.3, -0.25) is 9.29 Å². The van der Waals surface area contributed by atoms with E-state index < -0.39 is 0 Å². The van der Waals surface area contributed by atoms with Crippen LogP contribution >= 0.6 is 11.9 Å². The maximum Gasteiger partial charge on any atom is 0.235 e. The van der Waals surface area contributed by atoms with Crippen molar-refractivity contribution in [3.8, 4) is 17.4 Å². The van der Waals surface area contributed by atoms with Gasteiger partial charge in [0.05, 0.1) is 19.3 Å². The van der Waals surface area contributed by atoms with Crippen LogP contribution in [0.25, 0.3) is 11.5 Å². The van der Waals surface area contributed by atoms with Crippen LogP contribution in [0.5, 0.6) is 5.88 Å². The first-order valence-electron chi connectivity index (χ1n) is 10.2. The van der Waals surface area contributed by atoms with Crippen LogP contribution in [0, 0.1) is 6.92 Å². The van der Waals surface area contributed by atoms with Crippen LogP contribution in [-0.2, 0) is 16.7 Å². The molecule has 1 saturated carbocycles. The molecule has 1 N–H and O–H groups in total. The molecule has 164 valence electrons. The molecule has 3 aromatic heterocycles. The van der Waals surface area contributed by atoms with Gasteiger partial charge in [-0.25, -0.2) is 15.0 Å². The maximum atomic E-state index is 5.53. The summed E-state index contributed by atoms with van der Waals surface area (Å²) in [6.45, 7) is 4.71. The van der Waals surface area contributed by atoms with Crippen molar-refractivity contribution in [1.29, 1.82) is 0 Å². The lowest BCUT2D eigenvalue weighted by atomic mass is 10.2. The number of nitrogens with zero attached hydrogens (tertiary/aromatic N) is 6. The molecule has 1 atom stereocenters. The standard InChI is InChI=1S/C21H27N7O2S/c1-14-11-22-17(23-12-14)10-15(2)31-27-20-26-25-19(16-6-5-7-18(24-16)30-4)28(20)21(8-9-21)13-29-3/h5-7,11-12,15H,8-10,13H2,1-4H3,(H,26,27). The zero-order valence-electron chi connectivity index (χ0n) is 18.2. The third kappa shape index (κ3) is 4.80. The number of ether oxygens (including phenoxy) is 2. The van der Waals surface area contributed by atoms with Crippen LogP contribution in [0.1, 0.15) is 31.2 Å². The normalized spacial score (nSPS) is 15.5. The predicted octanol–water partition coefficient (Wildman–Crippen LogP) is 3.27. The fraction of sp³-hybridized carbons (Fsp3) is 0.476. The Labute approximate surface area is 186 Å². The van der Waals surface area contributed by atoms with Crippen molar-refractivity contribution in [3.63, 3.8) is 0 Å². The third-order valence-electron chi connectivity index (χ3n) is 5.20. The van der Waals surface area contributed by atoms with Crippen molar-refractivity contribution >= 4 is 17.9 Å². The molecule has 10 heteroatoms. The Morgan fingerprint density at radius 3 is 2.65 bits per heavy atom. The van der Waals surface area contributed by atoms with E-state index in [0.717, 1.165) is 30.7 Å². The summed E-state index contributed by atoms with van der Waals surface area (Å²) >= 11 is 1.58. The van der Waals surface area contributed by atoms with E-state index in [9.17, 15) is 0 Å². The van der Waals surface area contributed by atoms with Gasteiger partial charge in [0.15, 0.2) is 5.82 Å². The number of pyridine rings is 1. The molecule has 1 unspecified atom stereocenters. The zero-order chi connectivity index (χ0) is 21.8. The zero-order valence-corrected chi connectivity index (χ0v) is 19.0. The number of rotatable bonds is 10. The average Bonchev–Trinajstić information content (AvgIpc) is 3.42. The highest BCUT2D eigenvalue weighted by Gasteiger charge is 2.48. The van der Waals surface area contributed by atoms with Gasteiger partial charge >= 0.3 is 0 Å². The number of hydrogen-bond donors (Lipinski definition) is 1. The molecule has 0 spiro atoms. The fourth-order valence-electron chi connectivity index (χ4n) is 3.44. The molecule has 3 heterocycles. The largest absolute Gasteiger partial charge is 0.481 e. The molecule has 3 aromatic rings. The SMILES string of the molecule is COCC1(n2c(NSC(C)Cc3ncc(C)cn3)nnc2-c2cccc(OC)n2)CC1. The lowest BCUT2D eigenvalue weighted by Gasteiger charge is -2.21. The Kier molecular flexibility index (Phi) is 6.38. The summed E-state index contributed by atoms with van der Waals surface area (Å²) in [4.78, 5) is 13.4. The van der Waals surface area contributed by atoms with Crippen LogP contribution in [0.4, 0.5) is 5.95 Å². The highest BCUT2D eigenvalue weighted by atomic mass is 32.2. The van der Waals surface area contributed by atoms with Gasteiger partial charge in [-0.15, -0.1) is 10.2 Å². The predicted molar refractivity (Wildman–Crippen MR) is 120 cm³/mol. The van der Waals surface area contributed by atoms with Gasteiger partial charge < -0.3 is 9.47 Å². The lowest BCUT2D eigenvalue weighted by molar-refractivity contribution is 0.145. The highest BCUT2D eigenvalue weighted by molar-refractivity contribution is 8.01. The van der Waals surface area contributed by atoms with Crippen molar-refractivity contribution in [3.05, 3.63) is 42.0 Å². The molecule has 31 heavy (non-hydrogen) atoms. The van der Waals surface area contributed by atoms with Gasteiger partial charge in [-0.05, 0) is 43.3 Å². The molecule has 0 saturated heterocycles. The molecule has 1 aliphatic rings. The molecule has 1 aliphatic carbocycles. The quantitative estimate of drug-likeness (QED) is 0.475. The Hall–Kier alpha value is -2.72. The summed E-state index contributed by atoms with van der Waals surface area (Å²) < 4.78 is 16.3. The number of methoxy groups -OCH3 is 2. The van der Waals surface area contributed by atoms with Crippen molar-refractivity contribution in [1.82, 2.24) is 29.7 Å². The Balaban J connectivity index is 1.56. The molecule has 0 aliphatic heterocycles. The molecular weight excluding hydrogens is 414 g/mol. The Morgan fingerprint density at radius 1 is 1.19 bits per heavy atom. The van der Waals surface area contributed by atoms with E-state index in [1.807, 2.05) is 37.5 Å². The van der Waals surface area contributed by atoms with Crippen molar-refractivity contribution < 1.29 is 9.47 Å². The van der Waals surface area contributed by atoms with Crippen molar-refractivity contribution in [2.75, 3.05) is 25.5 Å². The second-order valence-electron chi connectivity index (χ2n) is 7.82. The smallest absolute Gasteiger partial charge is 0.235 e. The molecule has 4 rings (SSSR count). The Morgan fingerprint density at radius 2 is 1.97 bits per heavy atom. The molecule has 0 radical (unpaired) electrons. The molecule has 1 fully saturated rings. The van der Waals surface area contributed by atoms with Crippen LogP contribution in [0.3, 0.4) is 0 Å². The summed E-state index contributed by atoms with van der Waals surface area (Å²) in [5, 5.41) is 9.14. The van der Waals surface area contributed by atoms with Crippen LogP contribution < -0.4 is 9.46 Å². The van der Waals surface area contributed by atoms with Gasteiger partial charge in [0, 0.05) is 37.2 Å². The van der Waals surface area contributed by atoms with E-state index in [1.54, 1.807) is 26.2 Å². The molecule has 0 bridgehead atoms. The number of hydrogen-bond acceptors (Lipinski definition) is 9. The van der Waals surface area contributed by atoms with E-state index in [4.69, 9.17) is 9.47 Å². The molecular formula is C21H27N7O2S. The van der Waals surface area contributed by atoms with E-state index in [0.29, 0.717) is 30.0 Å². The van der Waals surface area contributed by atoms with E-state index >= 15 is 0 Å². The monoisotopic (exact) mass is 441 g/mol. The average molecular weight is 442 g/mol. The molecule has 0 amide bonds. The third-order valence-corrected chi connectivity index (χ3v) is 6.06. The summed E-state index contributed by atoms with van der Waals surface area (Å²) in [6, 6.07) is 5.64. The van der Waals surface area contributed by atoms with Crippen LogP contribution in [0.2, 0.25) is 0 Å². The van der Waals surface area contributed by atoms with E-state index in [-0.39, 0.29) is 10.8 Å². The second kappa shape index (κ2) is 9.19. The first-order chi connectivity index (χ1) is 15.0. The number of nitrogens with one attached hydrogen (secondary N) is 1. The summed E-state index contributed by atoms with van der Waals surface area (Å²) in [5.41, 5.74) is 1.61. The minimum Gasteiger partial charge on any atom is -0.481 e. The fourth-order valence-corrected chi connectivity index (χ4v) is 4.11. The number of aryl methyl sites for hydroxylation is 1. The van der Waals surface area contributed by atoms with Gasteiger partial charge in [-0.1, -0.05) is 13.0 Å². The summed E-state index contributed by atoms with van der Waals surface area (Å²) in [7, 11) is 3.33. The highest BCUT2D eigenvalue weighted by Crippen LogP contribution is 2.47. The van der Waals surface area contributed by atoms with E-state index in [1.165, 1.54) is 0 Å². The minimum atomic E-state index is -0.162. The van der Waals surface area contributed by atoms with Gasteiger partial charge in [0.2, 0.25) is 11.8 Å². The molecule has 9 nitrogen and oxygen atoms in total. The maximum absolute atomic E-state index is 5.53. The van der Waals surface area contributed by atoms with E-state index in [2.05, 4.69) is 41.4 Å². The minimum absolute atomic E-state index is 0.162. The number of aromatic nitrogens is 6. The van der Waals surface area contributed by atoms with Crippen molar-refractivity contribution in [2.45, 2.75) is 43.9 Å². The summed E-state index contributed by atoms with van der Waals surface area (Å²) in [5.74, 6) is 2.76. The van der Waals surface area contributed by atoms with Gasteiger partial charge in [-0.2, -0.15) is 0 Å². The molecule has 0 aromatic carbocycles. The van der Waals surface area contributed by atoms with Crippen molar-refractivity contribution in [2.24, 2.45) is 0 Å². The first kappa shape index (κ1) is 21.5. The van der Waals surface area contributed by atoms with Crippen LogP contribution in [-0.4, -0.2) is 55.8 Å². The van der Waals surface area contributed by atoms with Gasteiger partial charge in [0.25, 0.3) is 0 Å². The number of anilines is 1. The topological polar surface area (TPSA) is 99.9 Å². The lowest BCUT2D eigenvalue weighted by Crippen LogP contribution is -2.25. The second-order valence-corrected chi connectivity index (χ2v) is 9.06. The summed E-state index contributed by atoms with van der Waals surface area (Å²) in [6.07, 6.45) is 6.45. The van der Waals surface area contributed by atoms with Gasteiger partial charge in [0.1, 0.15) is 11.5 Å². The Bertz CT molecular complexity index is 1020. The first-order valence-corrected chi connectivity index (χ1v) is 11.1.